The van der Waals surface area contributed by atoms with Crippen molar-refractivity contribution in [3.05, 3.63) is 28.2 Å². The average Bonchev–Trinajstić information content (AvgIpc) is 2.38. The third-order valence-corrected chi connectivity index (χ3v) is 3.92. The van der Waals surface area contributed by atoms with Crippen molar-refractivity contribution in [3.8, 4) is 11.8 Å². The van der Waals surface area contributed by atoms with Gasteiger partial charge in [-0.15, -0.1) is 0 Å². The molecule has 0 radical (unpaired) electrons. The standard InChI is InChI=1S/C14H17BrN2O/c15-12-5-4-11(9-16)13(8-12)18-10-14(17)6-2-1-3-7-14/h4-5,8H,1-3,6-7,10,17H2. The predicted molar refractivity (Wildman–Crippen MR) is 74.4 cm³/mol. The molecule has 0 aliphatic heterocycles. The van der Waals surface area contributed by atoms with Gasteiger partial charge in [-0.3, -0.25) is 0 Å². The molecule has 0 unspecified atom stereocenters. The van der Waals surface area contributed by atoms with Gasteiger partial charge in [-0.05, 0) is 31.0 Å². The Hall–Kier alpha value is -1.05. The summed E-state index contributed by atoms with van der Waals surface area (Å²) in [5.41, 5.74) is 6.64. The second kappa shape index (κ2) is 5.73. The van der Waals surface area contributed by atoms with Crippen LogP contribution >= 0.6 is 15.9 Å². The van der Waals surface area contributed by atoms with Gasteiger partial charge in [0.2, 0.25) is 0 Å². The maximum atomic E-state index is 9.03. The van der Waals surface area contributed by atoms with Crippen molar-refractivity contribution in [2.75, 3.05) is 6.61 Å². The van der Waals surface area contributed by atoms with Crippen LogP contribution in [0.5, 0.6) is 5.75 Å². The molecule has 0 spiro atoms. The summed E-state index contributed by atoms with van der Waals surface area (Å²) in [5, 5.41) is 9.03. The molecule has 0 heterocycles. The first-order valence-electron chi connectivity index (χ1n) is 6.24. The van der Waals surface area contributed by atoms with E-state index in [1.165, 1.54) is 19.3 Å². The zero-order valence-electron chi connectivity index (χ0n) is 10.3. The van der Waals surface area contributed by atoms with Crippen molar-refractivity contribution in [1.29, 1.82) is 5.26 Å². The lowest BCUT2D eigenvalue weighted by atomic mass is 9.83. The van der Waals surface area contributed by atoms with Crippen LogP contribution in [0.2, 0.25) is 0 Å². The molecule has 1 aromatic rings. The molecule has 2 N–H and O–H groups in total. The monoisotopic (exact) mass is 308 g/mol. The minimum absolute atomic E-state index is 0.229. The molecule has 1 aliphatic carbocycles. The van der Waals surface area contributed by atoms with E-state index in [0.717, 1.165) is 17.3 Å². The van der Waals surface area contributed by atoms with E-state index in [1.807, 2.05) is 12.1 Å². The van der Waals surface area contributed by atoms with E-state index in [1.54, 1.807) is 6.07 Å². The fraction of sp³-hybridized carbons (Fsp3) is 0.500. The molecule has 2 rings (SSSR count). The van der Waals surface area contributed by atoms with Crippen molar-refractivity contribution >= 4 is 15.9 Å². The summed E-state index contributed by atoms with van der Waals surface area (Å²) >= 11 is 3.38. The van der Waals surface area contributed by atoms with E-state index >= 15 is 0 Å². The van der Waals surface area contributed by atoms with Crippen LogP contribution < -0.4 is 10.5 Å². The molecule has 0 bridgehead atoms. The highest BCUT2D eigenvalue weighted by molar-refractivity contribution is 9.10. The predicted octanol–water partition coefficient (Wildman–Crippen LogP) is 3.36. The first kappa shape index (κ1) is 13.4. The highest BCUT2D eigenvalue weighted by Crippen LogP contribution is 2.28. The van der Waals surface area contributed by atoms with Crippen LogP contribution in [0.15, 0.2) is 22.7 Å². The van der Waals surface area contributed by atoms with Crippen molar-refractivity contribution in [2.24, 2.45) is 5.73 Å². The second-order valence-electron chi connectivity index (χ2n) is 4.96. The Balaban J connectivity index is 2.05. The van der Waals surface area contributed by atoms with Gasteiger partial charge in [-0.2, -0.15) is 5.26 Å². The topological polar surface area (TPSA) is 59.0 Å². The molecular weight excluding hydrogens is 292 g/mol. The molecule has 1 aliphatic rings. The molecule has 18 heavy (non-hydrogen) atoms. The van der Waals surface area contributed by atoms with Gasteiger partial charge in [0.1, 0.15) is 18.4 Å². The lowest BCUT2D eigenvalue weighted by Gasteiger charge is -2.33. The molecule has 0 aromatic heterocycles. The minimum atomic E-state index is -0.229. The summed E-state index contributed by atoms with van der Waals surface area (Å²) in [4.78, 5) is 0. The van der Waals surface area contributed by atoms with Gasteiger partial charge in [0.25, 0.3) is 0 Å². The van der Waals surface area contributed by atoms with E-state index < -0.39 is 0 Å². The average molecular weight is 309 g/mol. The smallest absolute Gasteiger partial charge is 0.138 e. The van der Waals surface area contributed by atoms with Crippen molar-refractivity contribution in [1.82, 2.24) is 0 Å². The van der Waals surface area contributed by atoms with Gasteiger partial charge >= 0.3 is 0 Å². The van der Waals surface area contributed by atoms with E-state index in [2.05, 4.69) is 22.0 Å². The van der Waals surface area contributed by atoms with Crippen molar-refractivity contribution < 1.29 is 4.74 Å². The third kappa shape index (κ3) is 3.24. The SMILES string of the molecule is N#Cc1ccc(Br)cc1OCC1(N)CCCCC1. The van der Waals surface area contributed by atoms with Crippen LogP contribution in [-0.4, -0.2) is 12.1 Å². The lowest BCUT2D eigenvalue weighted by molar-refractivity contribution is 0.173. The third-order valence-electron chi connectivity index (χ3n) is 3.43. The van der Waals surface area contributed by atoms with E-state index in [9.17, 15) is 0 Å². The van der Waals surface area contributed by atoms with Crippen LogP contribution in [0.3, 0.4) is 0 Å². The summed E-state index contributed by atoms with van der Waals surface area (Å²) in [6, 6.07) is 7.55. The van der Waals surface area contributed by atoms with Crippen molar-refractivity contribution in [3.63, 3.8) is 0 Å². The van der Waals surface area contributed by atoms with E-state index in [-0.39, 0.29) is 5.54 Å². The quantitative estimate of drug-likeness (QED) is 0.931. The summed E-state index contributed by atoms with van der Waals surface area (Å²) in [5.74, 6) is 0.613. The molecule has 3 nitrogen and oxygen atoms in total. The van der Waals surface area contributed by atoms with Crippen LogP contribution in [-0.2, 0) is 0 Å². The first-order chi connectivity index (χ1) is 8.63. The number of nitrogens with two attached hydrogens (primary N) is 1. The molecule has 96 valence electrons. The summed E-state index contributed by atoms with van der Waals surface area (Å²) < 4.78 is 6.68. The number of halogens is 1. The molecular formula is C14H17BrN2O. The fourth-order valence-electron chi connectivity index (χ4n) is 2.33. The van der Waals surface area contributed by atoms with E-state index in [0.29, 0.717) is 17.9 Å². The highest BCUT2D eigenvalue weighted by Gasteiger charge is 2.28. The normalized spacial score (nSPS) is 18.1. The summed E-state index contributed by atoms with van der Waals surface area (Å²) in [6.45, 7) is 0.484. The summed E-state index contributed by atoms with van der Waals surface area (Å²) in [7, 11) is 0. The summed E-state index contributed by atoms with van der Waals surface area (Å²) in [6.07, 6.45) is 5.61. The fourth-order valence-corrected chi connectivity index (χ4v) is 2.67. The molecule has 1 fully saturated rings. The number of hydrogen-bond donors (Lipinski definition) is 1. The Morgan fingerprint density at radius 1 is 1.33 bits per heavy atom. The van der Waals surface area contributed by atoms with Gasteiger partial charge in [0, 0.05) is 4.47 Å². The lowest BCUT2D eigenvalue weighted by Crippen LogP contribution is -2.47. The number of hydrogen-bond acceptors (Lipinski definition) is 3. The maximum absolute atomic E-state index is 9.03. The molecule has 4 heteroatoms. The van der Waals surface area contributed by atoms with Crippen LogP contribution in [0, 0.1) is 11.3 Å². The molecule has 0 saturated heterocycles. The Labute approximate surface area is 116 Å². The first-order valence-corrected chi connectivity index (χ1v) is 7.04. The van der Waals surface area contributed by atoms with Gasteiger partial charge in [-0.25, -0.2) is 0 Å². The molecule has 1 aromatic carbocycles. The number of nitriles is 1. The van der Waals surface area contributed by atoms with Crippen LogP contribution in [0.4, 0.5) is 0 Å². The maximum Gasteiger partial charge on any atom is 0.138 e. The van der Waals surface area contributed by atoms with E-state index in [4.69, 9.17) is 15.7 Å². The van der Waals surface area contributed by atoms with Gasteiger partial charge in [0.15, 0.2) is 0 Å². The Morgan fingerprint density at radius 2 is 2.06 bits per heavy atom. The Morgan fingerprint density at radius 3 is 2.72 bits per heavy atom. The zero-order chi connectivity index (χ0) is 13.0. The molecule has 0 amide bonds. The number of nitrogens with zero attached hydrogens (tertiary/aromatic N) is 1. The minimum Gasteiger partial charge on any atom is -0.490 e. The Bertz CT molecular complexity index is 461. The largest absolute Gasteiger partial charge is 0.490 e. The van der Waals surface area contributed by atoms with Crippen LogP contribution in [0.25, 0.3) is 0 Å². The van der Waals surface area contributed by atoms with Gasteiger partial charge < -0.3 is 10.5 Å². The number of ether oxygens (including phenoxy) is 1. The Kier molecular flexibility index (Phi) is 4.26. The van der Waals surface area contributed by atoms with Gasteiger partial charge in [-0.1, -0.05) is 35.2 Å². The molecule has 0 atom stereocenters. The number of rotatable bonds is 3. The second-order valence-corrected chi connectivity index (χ2v) is 5.88. The van der Waals surface area contributed by atoms with Crippen LogP contribution in [0.1, 0.15) is 37.7 Å². The molecule has 1 saturated carbocycles. The zero-order valence-corrected chi connectivity index (χ0v) is 11.9. The van der Waals surface area contributed by atoms with Gasteiger partial charge in [0.05, 0.1) is 11.1 Å². The highest BCUT2D eigenvalue weighted by atomic mass is 79.9. The number of benzene rings is 1. The van der Waals surface area contributed by atoms with Crippen molar-refractivity contribution in [2.45, 2.75) is 37.6 Å².